The lowest BCUT2D eigenvalue weighted by atomic mass is 10.1. The summed E-state index contributed by atoms with van der Waals surface area (Å²) in [5.74, 6) is 9.36. The van der Waals surface area contributed by atoms with Crippen LogP contribution >= 0.6 is 11.8 Å². The topological polar surface area (TPSA) is 26.0 Å². The molecule has 0 bridgehead atoms. The average molecular weight is 259 g/mol. The van der Waals surface area contributed by atoms with E-state index in [0.29, 0.717) is 6.54 Å². The van der Waals surface area contributed by atoms with Crippen molar-refractivity contribution in [3.05, 3.63) is 35.4 Å². The van der Waals surface area contributed by atoms with Gasteiger partial charge in [0.2, 0.25) is 0 Å². The largest absolute Gasteiger partial charge is 0.320 e. The summed E-state index contributed by atoms with van der Waals surface area (Å²) in [5, 5.41) is 0. The van der Waals surface area contributed by atoms with Crippen LogP contribution < -0.4 is 5.73 Å². The molecule has 0 amide bonds. The van der Waals surface area contributed by atoms with E-state index in [1.54, 1.807) is 0 Å². The Bertz CT molecular complexity index is 407. The summed E-state index contributed by atoms with van der Waals surface area (Å²) in [6, 6.07) is 8.55. The number of nitrogens with two attached hydrogens (primary N) is 1. The highest BCUT2D eigenvalue weighted by atomic mass is 32.2. The van der Waals surface area contributed by atoms with Crippen LogP contribution in [0.2, 0.25) is 0 Å². The molecule has 0 aromatic heterocycles. The van der Waals surface area contributed by atoms with E-state index in [0.717, 1.165) is 17.2 Å². The fourth-order valence-electron chi connectivity index (χ4n) is 2.36. The molecule has 2 N–H and O–H groups in total. The molecule has 0 aliphatic heterocycles. The second-order valence-corrected chi connectivity index (χ2v) is 5.90. The standard InChI is InChI=1S/C16H21NS/c17-11-3-6-14-7-9-16(10-8-14)13-18-12-15-4-1-2-5-15/h7-10,15H,1-2,4-5,11-13,17H2. The number of benzene rings is 1. The first-order valence-corrected chi connectivity index (χ1v) is 7.89. The second kappa shape index (κ2) is 7.51. The van der Waals surface area contributed by atoms with Gasteiger partial charge in [-0.3, -0.25) is 0 Å². The zero-order chi connectivity index (χ0) is 12.6. The molecule has 96 valence electrons. The molecule has 0 saturated heterocycles. The van der Waals surface area contributed by atoms with Gasteiger partial charge in [0.25, 0.3) is 0 Å². The lowest BCUT2D eigenvalue weighted by Gasteiger charge is -2.08. The van der Waals surface area contributed by atoms with Crippen LogP contribution in [-0.4, -0.2) is 12.3 Å². The van der Waals surface area contributed by atoms with Crippen LogP contribution in [0.15, 0.2) is 24.3 Å². The smallest absolute Gasteiger partial charge is 0.0555 e. The van der Waals surface area contributed by atoms with E-state index in [-0.39, 0.29) is 0 Å². The first kappa shape index (κ1) is 13.5. The summed E-state index contributed by atoms with van der Waals surface area (Å²) >= 11 is 2.07. The van der Waals surface area contributed by atoms with Gasteiger partial charge < -0.3 is 5.73 Å². The molecule has 0 atom stereocenters. The van der Waals surface area contributed by atoms with E-state index in [1.165, 1.54) is 37.0 Å². The SMILES string of the molecule is NCC#Cc1ccc(CSCC2CCCC2)cc1. The Balaban J connectivity index is 1.75. The van der Waals surface area contributed by atoms with Crippen molar-refractivity contribution in [1.82, 2.24) is 0 Å². The molecule has 1 aromatic rings. The minimum atomic E-state index is 0.430. The third-order valence-electron chi connectivity index (χ3n) is 3.39. The van der Waals surface area contributed by atoms with Gasteiger partial charge in [0.05, 0.1) is 6.54 Å². The van der Waals surface area contributed by atoms with Crippen LogP contribution in [0.4, 0.5) is 0 Å². The first-order chi connectivity index (χ1) is 8.88. The molecule has 0 heterocycles. The number of hydrogen-bond donors (Lipinski definition) is 1. The van der Waals surface area contributed by atoms with Crippen LogP contribution in [-0.2, 0) is 5.75 Å². The van der Waals surface area contributed by atoms with Crippen molar-refractivity contribution < 1.29 is 0 Å². The Morgan fingerprint density at radius 3 is 2.56 bits per heavy atom. The van der Waals surface area contributed by atoms with E-state index in [2.05, 4.69) is 47.9 Å². The van der Waals surface area contributed by atoms with Gasteiger partial charge in [-0.2, -0.15) is 11.8 Å². The van der Waals surface area contributed by atoms with Gasteiger partial charge in [-0.25, -0.2) is 0 Å². The van der Waals surface area contributed by atoms with E-state index in [9.17, 15) is 0 Å². The summed E-state index contributed by atoms with van der Waals surface area (Å²) < 4.78 is 0. The van der Waals surface area contributed by atoms with Gasteiger partial charge in [0.15, 0.2) is 0 Å². The van der Waals surface area contributed by atoms with Gasteiger partial charge in [-0.15, -0.1) is 0 Å². The molecular formula is C16H21NS. The molecule has 0 radical (unpaired) electrons. The Hall–Kier alpha value is -0.910. The maximum Gasteiger partial charge on any atom is 0.0555 e. The molecule has 1 fully saturated rings. The predicted octanol–water partition coefficient (Wildman–Crippen LogP) is 3.42. The molecule has 1 aliphatic rings. The minimum Gasteiger partial charge on any atom is -0.320 e. The van der Waals surface area contributed by atoms with Crippen molar-refractivity contribution in [2.45, 2.75) is 31.4 Å². The molecule has 1 saturated carbocycles. The lowest BCUT2D eigenvalue weighted by molar-refractivity contribution is 0.623. The van der Waals surface area contributed by atoms with Crippen molar-refractivity contribution in [2.75, 3.05) is 12.3 Å². The maximum atomic E-state index is 5.35. The van der Waals surface area contributed by atoms with Crippen molar-refractivity contribution in [3.63, 3.8) is 0 Å². The first-order valence-electron chi connectivity index (χ1n) is 6.74. The lowest BCUT2D eigenvalue weighted by Crippen LogP contribution is -1.97. The van der Waals surface area contributed by atoms with Crippen molar-refractivity contribution in [3.8, 4) is 11.8 Å². The minimum absolute atomic E-state index is 0.430. The highest BCUT2D eigenvalue weighted by molar-refractivity contribution is 7.98. The van der Waals surface area contributed by atoms with Gasteiger partial charge in [0.1, 0.15) is 0 Å². The van der Waals surface area contributed by atoms with E-state index < -0.39 is 0 Å². The second-order valence-electron chi connectivity index (χ2n) is 4.87. The molecule has 18 heavy (non-hydrogen) atoms. The third kappa shape index (κ3) is 4.40. The summed E-state index contributed by atoms with van der Waals surface area (Å²) in [6.45, 7) is 0.430. The average Bonchev–Trinajstić information content (AvgIpc) is 2.91. The molecule has 0 spiro atoms. The summed E-state index contributed by atoms with van der Waals surface area (Å²) in [6.07, 6.45) is 5.78. The quantitative estimate of drug-likeness (QED) is 0.838. The Kier molecular flexibility index (Phi) is 5.64. The van der Waals surface area contributed by atoms with Gasteiger partial charge in [-0.1, -0.05) is 36.8 Å². The van der Waals surface area contributed by atoms with Crippen LogP contribution in [0.5, 0.6) is 0 Å². The molecule has 2 heteroatoms. The van der Waals surface area contributed by atoms with Crippen molar-refractivity contribution >= 4 is 11.8 Å². The van der Waals surface area contributed by atoms with Gasteiger partial charge >= 0.3 is 0 Å². The van der Waals surface area contributed by atoms with Crippen LogP contribution in [0.3, 0.4) is 0 Å². The monoisotopic (exact) mass is 259 g/mol. The van der Waals surface area contributed by atoms with Gasteiger partial charge in [0, 0.05) is 11.3 Å². The van der Waals surface area contributed by atoms with Crippen LogP contribution in [0.25, 0.3) is 0 Å². The summed E-state index contributed by atoms with van der Waals surface area (Å²) in [7, 11) is 0. The van der Waals surface area contributed by atoms with E-state index >= 15 is 0 Å². The fraction of sp³-hybridized carbons (Fsp3) is 0.500. The van der Waals surface area contributed by atoms with Crippen LogP contribution in [0.1, 0.15) is 36.8 Å². The molecule has 1 aromatic carbocycles. The molecule has 1 aliphatic carbocycles. The summed E-state index contributed by atoms with van der Waals surface area (Å²) in [5.41, 5.74) is 7.81. The third-order valence-corrected chi connectivity index (χ3v) is 4.63. The van der Waals surface area contributed by atoms with Gasteiger partial charge in [-0.05, 0) is 42.2 Å². The Morgan fingerprint density at radius 2 is 1.89 bits per heavy atom. The molecule has 1 nitrogen and oxygen atoms in total. The Labute approximate surface area is 115 Å². The highest BCUT2D eigenvalue weighted by Gasteiger charge is 2.14. The molecule has 2 rings (SSSR count). The molecule has 0 unspecified atom stereocenters. The fourth-order valence-corrected chi connectivity index (χ4v) is 3.57. The van der Waals surface area contributed by atoms with E-state index in [1.807, 2.05) is 0 Å². The van der Waals surface area contributed by atoms with Crippen molar-refractivity contribution in [1.29, 1.82) is 0 Å². The van der Waals surface area contributed by atoms with Crippen LogP contribution in [0, 0.1) is 17.8 Å². The highest BCUT2D eigenvalue weighted by Crippen LogP contribution is 2.28. The maximum absolute atomic E-state index is 5.35. The number of thioether (sulfide) groups is 1. The van der Waals surface area contributed by atoms with Crippen molar-refractivity contribution in [2.24, 2.45) is 11.7 Å². The number of rotatable bonds is 4. The Morgan fingerprint density at radius 1 is 1.17 bits per heavy atom. The summed E-state index contributed by atoms with van der Waals surface area (Å²) in [4.78, 5) is 0. The normalized spacial score (nSPS) is 15.4. The molecular weight excluding hydrogens is 238 g/mol. The van der Waals surface area contributed by atoms with E-state index in [4.69, 9.17) is 5.73 Å². The predicted molar refractivity (Wildman–Crippen MR) is 80.5 cm³/mol. The zero-order valence-electron chi connectivity index (χ0n) is 10.8. The number of hydrogen-bond acceptors (Lipinski definition) is 2. The zero-order valence-corrected chi connectivity index (χ0v) is 11.6.